The molecule has 1 aliphatic rings. The topological polar surface area (TPSA) is 46.3 Å². The number of aryl methyl sites for hydroxylation is 1. The lowest BCUT2D eigenvalue weighted by Gasteiger charge is -2.33. The first kappa shape index (κ1) is 12.9. The van der Waals surface area contributed by atoms with E-state index in [0.717, 1.165) is 36.2 Å². The maximum Gasteiger partial charge on any atom is 0.227 e. The minimum Gasteiger partial charge on any atom is -0.398 e. The van der Waals surface area contributed by atoms with E-state index in [0.29, 0.717) is 12.5 Å². The zero-order chi connectivity index (χ0) is 13.1. The van der Waals surface area contributed by atoms with Crippen LogP contribution in [0.4, 0.5) is 5.69 Å². The van der Waals surface area contributed by atoms with Gasteiger partial charge in [0.15, 0.2) is 0 Å². The van der Waals surface area contributed by atoms with Gasteiger partial charge < -0.3 is 10.6 Å². The van der Waals surface area contributed by atoms with Crippen LogP contribution in [0.1, 0.15) is 37.3 Å². The van der Waals surface area contributed by atoms with Crippen LogP contribution in [0.5, 0.6) is 0 Å². The molecule has 2 N–H and O–H groups in total. The van der Waals surface area contributed by atoms with Gasteiger partial charge in [-0.2, -0.15) is 0 Å². The van der Waals surface area contributed by atoms with Crippen molar-refractivity contribution in [1.29, 1.82) is 0 Å². The summed E-state index contributed by atoms with van der Waals surface area (Å²) in [6, 6.07) is 6.25. The van der Waals surface area contributed by atoms with Crippen molar-refractivity contribution >= 4 is 11.6 Å². The number of likely N-dealkylation sites (tertiary alicyclic amines) is 1. The Bertz CT molecular complexity index is 442. The van der Waals surface area contributed by atoms with Gasteiger partial charge in [0.1, 0.15) is 0 Å². The normalized spacial score (nSPS) is 19.9. The summed E-state index contributed by atoms with van der Waals surface area (Å²) in [4.78, 5) is 14.3. The fourth-order valence-electron chi connectivity index (χ4n) is 2.62. The zero-order valence-corrected chi connectivity index (χ0v) is 11.3. The van der Waals surface area contributed by atoms with Gasteiger partial charge in [-0.05, 0) is 44.7 Å². The van der Waals surface area contributed by atoms with E-state index in [1.54, 1.807) is 0 Å². The second-order valence-corrected chi connectivity index (χ2v) is 5.31. The number of anilines is 1. The highest BCUT2D eigenvalue weighted by Gasteiger charge is 2.23. The number of nitrogens with zero attached hydrogens (tertiary/aromatic N) is 1. The summed E-state index contributed by atoms with van der Waals surface area (Å²) < 4.78 is 0. The van der Waals surface area contributed by atoms with E-state index >= 15 is 0 Å². The molecule has 1 aromatic rings. The Hall–Kier alpha value is -1.51. The van der Waals surface area contributed by atoms with Crippen molar-refractivity contribution in [3.05, 3.63) is 29.3 Å². The number of piperidine rings is 1. The van der Waals surface area contributed by atoms with Crippen LogP contribution in [0.3, 0.4) is 0 Å². The maximum atomic E-state index is 12.3. The third-order valence-electron chi connectivity index (χ3n) is 3.76. The number of nitrogen functional groups attached to an aromatic ring is 1. The first-order valence-corrected chi connectivity index (χ1v) is 6.72. The Kier molecular flexibility index (Phi) is 3.90. The Morgan fingerprint density at radius 3 is 2.94 bits per heavy atom. The van der Waals surface area contributed by atoms with Gasteiger partial charge in [-0.25, -0.2) is 0 Å². The van der Waals surface area contributed by atoms with Crippen molar-refractivity contribution in [2.45, 2.75) is 45.6 Å². The summed E-state index contributed by atoms with van der Waals surface area (Å²) >= 11 is 0. The van der Waals surface area contributed by atoms with Crippen LogP contribution in [0, 0.1) is 6.92 Å². The summed E-state index contributed by atoms with van der Waals surface area (Å²) in [5.41, 5.74) is 8.76. The number of nitrogens with two attached hydrogens (primary N) is 1. The predicted octanol–water partition coefficient (Wildman–Crippen LogP) is 2.52. The van der Waals surface area contributed by atoms with Crippen molar-refractivity contribution in [3.63, 3.8) is 0 Å². The number of amides is 1. The zero-order valence-electron chi connectivity index (χ0n) is 11.3. The maximum absolute atomic E-state index is 12.3. The average Bonchev–Trinajstić information content (AvgIpc) is 2.34. The van der Waals surface area contributed by atoms with Crippen molar-refractivity contribution in [2.75, 3.05) is 12.3 Å². The fraction of sp³-hybridized carbons (Fsp3) is 0.533. The predicted molar refractivity (Wildman–Crippen MR) is 74.3 cm³/mol. The van der Waals surface area contributed by atoms with Crippen LogP contribution in [0.15, 0.2) is 18.2 Å². The Morgan fingerprint density at radius 1 is 1.44 bits per heavy atom. The largest absolute Gasteiger partial charge is 0.398 e. The second-order valence-electron chi connectivity index (χ2n) is 5.31. The molecule has 0 spiro atoms. The molecule has 1 heterocycles. The molecular weight excluding hydrogens is 224 g/mol. The highest BCUT2D eigenvalue weighted by atomic mass is 16.2. The first-order valence-electron chi connectivity index (χ1n) is 6.72. The van der Waals surface area contributed by atoms with Crippen LogP contribution in [-0.4, -0.2) is 23.4 Å². The number of benzene rings is 1. The molecule has 1 unspecified atom stereocenters. The highest BCUT2D eigenvalue weighted by molar-refractivity contribution is 5.80. The molecule has 0 saturated carbocycles. The van der Waals surface area contributed by atoms with Gasteiger partial charge in [-0.3, -0.25) is 4.79 Å². The lowest BCUT2D eigenvalue weighted by atomic mass is 10.0. The molecule has 1 amide bonds. The van der Waals surface area contributed by atoms with Crippen molar-refractivity contribution in [3.8, 4) is 0 Å². The minimum absolute atomic E-state index is 0.208. The van der Waals surface area contributed by atoms with Crippen LogP contribution >= 0.6 is 0 Å². The van der Waals surface area contributed by atoms with Gasteiger partial charge in [0.2, 0.25) is 5.91 Å². The molecule has 0 aromatic heterocycles. The molecule has 98 valence electrons. The lowest BCUT2D eigenvalue weighted by molar-refractivity contribution is -0.133. The Balaban J connectivity index is 2.08. The van der Waals surface area contributed by atoms with E-state index in [9.17, 15) is 4.79 Å². The quantitative estimate of drug-likeness (QED) is 0.815. The smallest absolute Gasteiger partial charge is 0.227 e. The SMILES string of the molecule is Cc1ccc(N)c(CC(=O)N2CCCCC2C)c1. The monoisotopic (exact) mass is 246 g/mol. The summed E-state index contributed by atoms with van der Waals surface area (Å²) in [5.74, 6) is 0.208. The highest BCUT2D eigenvalue weighted by Crippen LogP contribution is 2.20. The van der Waals surface area contributed by atoms with Gasteiger partial charge >= 0.3 is 0 Å². The molecule has 0 aliphatic carbocycles. The fourth-order valence-corrected chi connectivity index (χ4v) is 2.62. The second kappa shape index (κ2) is 5.42. The molecule has 0 radical (unpaired) electrons. The number of carbonyl (C=O) groups is 1. The van der Waals surface area contributed by atoms with Crippen LogP contribution in [-0.2, 0) is 11.2 Å². The van der Waals surface area contributed by atoms with E-state index in [-0.39, 0.29) is 5.91 Å². The molecule has 1 atom stereocenters. The van der Waals surface area contributed by atoms with E-state index < -0.39 is 0 Å². The third kappa shape index (κ3) is 2.84. The van der Waals surface area contributed by atoms with Gasteiger partial charge in [0, 0.05) is 18.3 Å². The minimum atomic E-state index is 0.208. The number of hydrogen-bond donors (Lipinski definition) is 1. The molecule has 3 nitrogen and oxygen atoms in total. The molecule has 1 fully saturated rings. The van der Waals surface area contributed by atoms with E-state index in [1.807, 2.05) is 30.0 Å². The third-order valence-corrected chi connectivity index (χ3v) is 3.76. The van der Waals surface area contributed by atoms with Crippen LogP contribution in [0.2, 0.25) is 0 Å². The van der Waals surface area contributed by atoms with E-state index in [1.165, 1.54) is 6.42 Å². The van der Waals surface area contributed by atoms with Gasteiger partial charge in [0.25, 0.3) is 0 Å². The van der Waals surface area contributed by atoms with Crippen molar-refractivity contribution in [1.82, 2.24) is 4.90 Å². The summed E-state index contributed by atoms with van der Waals surface area (Å²) in [7, 11) is 0. The Labute approximate surface area is 109 Å². The van der Waals surface area contributed by atoms with Crippen LogP contribution < -0.4 is 5.73 Å². The molecule has 1 saturated heterocycles. The van der Waals surface area contributed by atoms with Gasteiger partial charge in [-0.1, -0.05) is 17.7 Å². The molecule has 2 rings (SSSR count). The Morgan fingerprint density at radius 2 is 2.22 bits per heavy atom. The molecule has 3 heteroatoms. The van der Waals surface area contributed by atoms with E-state index in [4.69, 9.17) is 5.73 Å². The molecule has 1 aromatic carbocycles. The average molecular weight is 246 g/mol. The molecular formula is C15H22N2O. The molecule has 1 aliphatic heterocycles. The van der Waals surface area contributed by atoms with Crippen LogP contribution in [0.25, 0.3) is 0 Å². The molecule has 0 bridgehead atoms. The molecule has 18 heavy (non-hydrogen) atoms. The summed E-state index contributed by atoms with van der Waals surface area (Å²) in [6.07, 6.45) is 3.91. The van der Waals surface area contributed by atoms with Crippen molar-refractivity contribution in [2.24, 2.45) is 0 Å². The number of carbonyl (C=O) groups excluding carboxylic acids is 1. The number of rotatable bonds is 2. The summed E-state index contributed by atoms with van der Waals surface area (Å²) in [5, 5.41) is 0. The first-order chi connectivity index (χ1) is 8.58. The van der Waals surface area contributed by atoms with Gasteiger partial charge in [0.05, 0.1) is 6.42 Å². The van der Waals surface area contributed by atoms with Crippen molar-refractivity contribution < 1.29 is 4.79 Å². The van der Waals surface area contributed by atoms with Gasteiger partial charge in [-0.15, -0.1) is 0 Å². The number of hydrogen-bond acceptors (Lipinski definition) is 2. The lowest BCUT2D eigenvalue weighted by Crippen LogP contribution is -2.42. The van der Waals surface area contributed by atoms with E-state index in [2.05, 4.69) is 6.92 Å². The summed E-state index contributed by atoms with van der Waals surface area (Å²) in [6.45, 7) is 5.05. The standard InChI is InChI=1S/C15H22N2O/c1-11-6-7-14(16)13(9-11)10-15(18)17-8-4-3-5-12(17)2/h6-7,9,12H,3-5,8,10,16H2,1-2H3.